The number of esters is 1. The van der Waals surface area contributed by atoms with E-state index in [0.717, 1.165) is 12.0 Å². The lowest BCUT2D eigenvalue weighted by Gasteiger charge is -2.13. The number of aromatic hydroxyl groups is 1. The van der Waals surface area contributed by atoms with Crippen molar-refractivity contribution in [3.8, 4) is 5.75 Å². The summed E-state index contributed by atoms with van der Waals surface area (Å²) in [4.78, 5) is 11.6. The molecule has 1 atom stereocenters. The van der Waals surface area contributed by atoms with E-state index in [4.69, 9.17) is 10.5 Å². The summed E-state index contributed by atoms with van der Waals surface area (Å²) in [5.41, 5.74) is 8.74. The molecule has 0 aliphatic heterocycles. The molecule has 2 aromatic carbocycles. The van der Waals surface area contributed by atoms with Crippen molar-refractivity contribution in [3.05, 3.63) is 65.2 Å². The quantitative estimate of drug-likeness (QED) is 0.803. The van der Waals surface area contributed by atoms with Crippen molar-refractivity contribution in [1.29, 1.82) is 0 Å². The Balaban J connectivity index is 2.11. The van der Waals surface area contributed by atoms with Crippen LogP contribution in [0.25, 0.3) is 0 Å². The Labute approximate surface area is 130 Å². The van der Waals surface area contributed by atoms with Gasteiger partial charge in [0.1, 0.15) is 11.8 Å². The molecule has 0 aliphatic rings. The molecule has 0 radical (unpaired) electrons. The number of hydrogen-bond donors (Lipinski definition) is 2. The predicted molar refractivity (Wildman–Crippen MR) is 85.7 cm³/mol. The molecule has 2 rings (SSSR count). The average Bonchev–Trinajstić information content (AvgIpc) is 2.52. The van der Waals surface area contributed by atoms with Crippen LogP contribution in [0, 0.1) is 0 Å². The second kappa shape index (κ2) is 7.61. The molecule has 0 saturated carbocycles. The van der Waals surface area contributed by atoms with Crippen LogP contribution in [0.4, 0.5) is 0 Å². The molecule has 0 heterocycles. The average molecular weight is 299 g/mol. The third-order valence-electron chi connectivity index (χ3n) is 3.42. The Morgan fingerprint density at radius 1 is 1.18 bits per heavy atom. The standard InChI is InChI=1S/C18H21NO3/c1-2-22-18(21)16(19)12-15-11-14(8-9-17(15)20)10-13-6-4-3-5-7-13/h3-9,11,16,20H,2,10,12,19H2,1H3. The van der Waals surface area contributed by atoms with E-state index in [-0.39, 0.29) is 12.2 Å². The van der Waals surface area contributed by atoms with Crippen LogP contribution < -0.4 is 5.73 Å². The van der Waals surface area contributed by atoms with Crippen LogP contribution in [0.2, 0.25) is 0 Å². The number of phenols is 1. The number of ether oxygens (including phenoxy) is 1. The highest BCUT2D eigenvalue weighted by Crippen LogP contribution is 2.22. The molecule has 4 nitrogen and oxygen atoms in total. The van der Waals surface area contributed by atoms with Crippen molar-refractivity contribution in [1.82, 2.24) is 0 Å². The van der Waals surface area contributed by atoms with Gasteiger partial charge in [-0.05, 0) is 36.1 Å². The van der Waals surface area contributed by atoms with E-state index in [1.807, 2.05) is 30.3 Å². The fraction of sp³-hybridized carbons (Fsp3) is 0.278. The smallest absolute Gasteiger partial charge is 0.323 e. The topological polar surface area (TPSA) is 72.5 Å². The molecule has 0 aliphatic carbocycles. The number of rotatable bonds is 6. The summed E-state index contributed by atoms with van der Waals surface area (Å²) in [6, 6.07) is 14.7. The first-order valence-electron chi connectivity index (χ1n) is 7.37. The summed E-state index contributed by atoms with van der Waals surface area (Å²) in [5, 5.41) is 9.95. The van der Waals surface area contributed by atoms with Crippen molar-refractivity contribution in [2.24, 2.45) is 5.73 Å². The Kier molecular flexibility index (Phi) is 5.55. The first-order valence-corrected chi connectivity index (χ1v) is 7.37. The number of nitrogens with two attached hydrogens (primary N) is 1. The first kappa shape index (κ1) is 16.0. The maximum absolute atomic E-state index is 11.6. The number of carbonyl (C=O) groups excluding carboxylic acids is 1. The van der Waals surface area contributed by atoms with Crippen molar-refractivity contribution in [3.63, 3.8) is 0 Å². The van der Waals surface area contributed by atoms with Crippen LogP contribution >= 0.6 is 0 Å². The van der Waals surface area contributed by atoms with Gasteiger partial charge in [0, 0.05) is 6.42 Å². The summed E-state index contributed by atoms with van der Waals surface area (Å²) >= 11 is 0. The molecule has 0 aromatic heterocycles. The summed E-state index contributed by atoms with van der Waals surface area (Å²) in [6.07, 6.45) is 1.02. The van der Waals surface area contributed by atoms with E-state index in [0.29, 0.717) is 12.2 Å². The molecule has 3 N–H and O–H groups in total. The van der Waals surface area contributed by atoms with Gasteiger partial charge in [-0.25, -0.2) is 0 Å². The molecule has 0 bridgehead atoms. The Hall–Kier alpha value is -2.33. The van der Waals surface area contributed by atoms with Crippen LogP contribution in [0.3, 0.4) is 0 Å². The van der Waals surface area contributed by atoms with Crippen LogP contribution in [0.15, 0.2) is 48.5 Å². The number of benzene rings is 2. The van der Waals surface area contributed by atoms with Gasteiger partial charge in [-0.3, -0.25) is 4.79 Å². The number of phenolic OH excluding ortho intramolecular Hbond substituents is 1. The lowest BCUT2D eigenvalue weighted by atomic mass is 9.99. The summed E-state index contributed by atoms with van der Waals surface area (Å²) in [6.45, 7) is 2.04. The minimum atomic E-state index is -0.766. The van der Waals surface area contributed by atoms with Gasteiger partial charge >= 0.3 is 5.97 Å². The van der Waals surface area contributed by atoms with Crippen molar-refractivity contribution < 1.29 is 14.6 Å². The van der Waals surface area contributed by atoms with E-state index in [9.17, 15) is 9.90 Å². The Bertz CT molecular complexity index is 625. The molecule has 0 spiro atoms. The van der Waals surface area contributed by atoms with Gasteiger partial charge in [-0.2, -0.15) is 0 Å². The third kappa shape index (κ3) is 4.33. The molecular weight excluding hydrogens is 278 g/mol. The fourth-order valence-corrected chi connectivity index (χ4v) is 2.31. The van der Waals surface area contributed by atoms with Gasteiger partial charge in [0.2, 0.25) is 0 Å². The van der Waals surface area contributed by atoms with Gasteiger partial charge in [0.25, 0.3) is 0 Å². The molecule has 2 aromatic rings. The summed E-state index contributed by atoms with van der Waals surface area (Å²) in [7, 11) is 0. The van der Waals surface area contributed by atoms with Crippen molar-refractivity contribution in [2.45, 2.75) is 25.8 Å². The minimum absolute atomic E-state index is 0.150. The van der Waals surface area contributed by atoms with Crippen LogP contribution in [0.5, 0.6) is 5.75 Å². The molecule has 4 heteroatoms. The second-order valence-electron chi connectivity index (χ2n) is 5.19. The Morgan fingerprint density at radius 3 is 2.59 bits per heavy atom. The van der Waals surface area contributed by atoms with Crippen LogP contribution in [-0.4, -0.2) is 23.7 Å². The maximum Gasteiger partial charge on any atom is 0.323 e. The summed E-state index contributed by atoms with van der Waals surface area (Å²) in [5.74, 6) is -0.299. The predicted octanol–water partition coefficient (Wildman–Crippen LogP) is 2.42. The van der Waals surface area contributed by atoms with E-state index >= 15 is 0 Å². The minimum Gasteiger partial charge on any atom is -0.508 e. The van der Waals surface area contributed by atoms with Gasteiger partial charge in [-0.1, -0.05) is 42.5 Å². The first-order chi connectivity index (χ1) is 10.6. The van der Waals surface area contributed by atoms with Gasteiger partial charge in [0.05, 0.1) is 6.61 Å². The highest BCUT2D eigenvalue weighted by molar-refractivity contribution is 5.76. The zero-order valence-electron chi connectivity index (χ0n) is 12.7. The highest BCUT2D eigenvalue weighted by Gasteiger charge is 2.17. The van der Waals surface area contributed by atoms with E-state index in [2.05, 4.69) is 12.1 Å². The highest BCUT2D eigenvalue weighted by atomic mass is 16.5. The molecular formula is C18H21NO3. The largest absolute Gasteiger partial charge is 0.508 e. The maximum atomic E-state index is 11.6. The third-order valence-corrected chi connectivity index (χ3v) is 3.42. The van der Waals surface area contributed by atoms with Crippen LogP contribution in [-0.2, 0) is 22.4 Å². The number of hydrogen-bond acceptors (Lipinski definition) is 4. The normalized spacial score (nSPS) is 11.9. The lowest BCUT2D eigenvalue weighted by Crippen LogP contribution is -2.34. The van der Waals surface area contributed by atoms with E-state index in [1.54, 1.807) is 13.0 Å². The van der Waals surface area contributed by atoms with E-state index in [1.165, 1.54) is 5.56 Å². The zero-order valence-corrected chi connectivity index (χ0v) is 12.7. The summed E-state index contributed by atoms with van der Waals surface area (Å²) < 4.78 is 4.90. The Morgan fingerprint density at radius 2 is 1.91 bits per heavy atom. The van der Waals surface area contributed by atoms with Gasteiger partial charge in [0.15, 0.2) is 0 Å². The SMILES string of the molecule is CCOC(=O)C(N)Cc1cc(Cc2ccccc2)ccc1O. The van der Waals surface area contributed by atoms with Crippen molar-refractivity contribution in [2.75, 3.05) is 6.61 Å². The second-order valence-corrected chi connectivity index (χ2v) is 5.19. The van der Waals surface area contributed by atoms with Gasteiger partial charge < -0.3 is 15.6 Å². The molecule has 1 unspecified atom stereocenters. The zero-order chi connectivity index (χ0) is 15.9. The van der Waals surface area contributed by atoms with Crippen molar-refractivity contribution >= 4 is 5.97 Å². The fourth-order valence-electron chi connectivity index (χ4n) is 2.31. The molecule has 116 valence electrons. The molecule has 0 amide bonds. The molecule has 0 saturated heterocycles. The monoisotopic (exact) mass is 299 g/mol. The molecule has 22 heavy (non-hydrogen) atoms. The lowest BCUT2D eigenvalue weighted by molar-refractivity contribution is -0.144. The van der Waals surface area contributed by atoms with Crippen LogP contribution in [0.1, 0.15) is 23.6 Å². The van der Waals surface area contributed by atoms with Gasteiger partial charge in [-0.15, -0.1) is 0 Å². The number of carbonyl (C=O) groups is 1. The van der Waals surface area contributed by atoms with E-state index < -0.39 is 12.0 Å². The molecule has 0 fully saturated rings.